The zero-order chi connectivity index (χ0) is 12.7. The van der Waals surface area contributed by atoms with Gasteiger partial charge in [-0.25, -0.2) is 4.98 Å². The molecule has 0 bridgehead atoms. The van der Waals surface area contributed by atoms with E-state index < -0.39 is 0 Å². The van der Waals surface area contributed by atoms with Gasteiger partial charge in [-0.05, 0) is 19.8 Å². The van der Waals surface area contributed by atoms with E-state index in [0.717, 1.165) is 25.1 Å². The molecule has 1 saturated heterocycles. The number of nitrogens with two attached hydrogens (primary N) is 1. The maximum atomic E-state index is 12.1. The van der Waals surface area contributed by atoms with E-state index in [-0.39, 0.29) is 24.1 Å². The number of hydrogen-bond donors (Lipinski definition) is 2. The number of thiazole rings is 1. The van der Waals surface area contributed by atoms with Crippen LogP contribution in [-0.4, -0.2) is 35.7 Å². The summed E-state index contributed by atoms with van der Waals surface area (Å²) in [6.45, 7) is 2.62. The van der Waals surface area contributed by atoms with Crippen LogP contribution in [0.15, 0.2) is 5.51 Å². The van der Waals surface area contributed by atoms with Crippen LogP contribution in [-0.2, 0) is 4.74 Å². The number of hydrogen-bond acceptors (Lipinski definition) is 5. The number of aryl methyl sites for hydroxylation is 1. The second-order valence-electron chi connectivity index (χ2n) is 4.98. The highest BCUT2D eigenvalue weighted by atomic mass is 32.1. The maximum Gasteiger partial charge on any atom is 0.263 e. The van der Waals surface area contributed by atoms with E-state index in [1.807, 2.05) is 6.92 Å². The molecule has 3 N–H and O–H groups in total. The number of rotatable bonds is 2. The molecule has 2 fully saturated rings. The average molecular weight is 267 g/mol. The number of aromatic nitrogens is 1. The SMILES string of the molecule is Cc1ncsc1C(=O)NC1C(N)C2CCCOC21. The van der Waals surface area contributed by atoms with Crippen LogP contribution in [0.2, 0.25) is 0 Å². The Balaban J connectivity index is 1.67. The van der Waals surface area contributed by atoms with Crippen LogP contribution < -0.4 is 11.1 Å². The summed E-state index contributed by atoms with van der Waals surface area (Å²) >= 11 is 1.36. The van der Waals surface area contributed by atoms with Gasteiger partial charge in [-0.15, -0.1) is 11.3 Å². The molecule has 0 aromatic carbocycles. The van der Waals surface area contributed by atoms with Crippen molar-refractivity contribution < 1.29 is 9.53 Å². The summed E-state index contributed by atoms with van der Waals surface area (Å²) < 4.78 is 5.70. The van der Waals surface area contributed by atoms with Crippen molar-refractivity contribution in [2.24, 2.45) is 11.7 Å². The molecule has 2 aliphatic rings. The molecular formula is C12H17N3O2S. The third-order valence-electron chi connectivity index (χ3n) is 3.93. The fourth-order valence-corrected chi connectivity index (χ4v) is 3.57. The predicted molar refractivity (Wildman–Crippen MR) is 68.5 cm³/mol. The molecule has 3 rings (SSSR count). The molecule has 1 aromatic rings. The van der Waals surface area contributed by atoms with Gasteiger partial charge >= 0.3 is 0 Å². The van der Waals surface area contributed by atoms with Gasteiger partial charge in [0.1, 0.15) is 4.88 Å². The molecule has 6 heteroatoms. The molecule has 1 amide bonds. The smallest absolute Gasteiger partial charge is 0.263 e. The Morgan fingerprint density at radius 2 is 2.50 bits per heavy atom. The highest BCUT2D eigenvalue weighted by Gasteiger charge is 2.51. The van der Waals surface area contributed by atoms with E-state index >= 15 is 0 Å². The van der Waals surface area contributed by atoms with Gasteiger partial charge < -0.3 is 15.8 Å². The van der Waals surface area contributed by atoms with Crippen molar-refractivity contribution in [3.8, 4) is 0 Å². The standard InChI is InChI=1S/C12H17N3O2S/c1-6-11(18-5-14-6)12(16)15-9-8(13)7-3-2-4-17-10(7)9/h5,7-10H,2-4,13H2,1H3,(H,15,16). The van der Waals surface area contributed by atoms with E-state index in [4.69, 9.17) is 10.5 Å². The fraction of sp³-hybridized carbons (Fsp3) is 0.667. The van der Waals surface area contributed by atoms with Crippen molar-refractivity contribution >= 4 is 17.2 Å². The van der Waals surface area contributed by atoms with Gasteiger partial charge in [0.25, 0.3) is 5.91 Å². The molecule has 2 heterocycles. The van der Waals surface area contributed by atoms with Crippen molar-refractivity contribution in [1.29, 1.82) is 0 Å². The Hall–Kier alpha value is -0.980. The Labute approximate surface area is 110 Å². The van der Waals surface area contributed by atoms with Crippen LogP contribution in [0.4, 0.5) is 0 Å². The summed E-state index contributed by atoms with van der Waals surface area (Å²) in [6.07, 6.45) is 2.28. The largest absolute Gasteiger partial charge is 0.376 e. The molecular weight excluding hydrogens is 250 g/mol. The van der Waals surface area contributed by atoms with E-state index in [1.165, 1.54) is 11.3 Å². The lowest BCUT2D eigenvalue weighted by Crippen LogP contribution is -2.72. The van der Waals surface area contributed by atoms with Crippen molar-refractivity contribution in [3.05, 3.63) is 16.1 Å². The topological polar surface area (TPSA) is 77.2 Å². The van der Waals surface area contributed by atoms with Gasteiger partial charge in [-0.3, -0.25) is 4.79 Å². The Kier molecular flexibility index (Phi) is 3.09. The van der Waals surface area contributed by atoms with Gasteiger partial charge in [0, 0.05) is 18.6 Å². The summed E-state index contributed by atoms with van der Waals surface area (Å²) in [6, 6.07) is -0.0308. The number of nitrogens with one attached hydrogen (secondary N) is 1. The highest BCUT2D eigenvalue weighted by molar-refractivity contribution is 7.11. The molecule has 4 unspecified atom stereocenters. The molecule has 1 saturated carbocycles. The van der Waals surface area contributed by atoms with Gasteiger partial charge in [0.2, 0.25) is 0 Å². The summed E-state index contributed by atoms with van der Waals surface area (Å²) in [5.74, 6) is 0.328. The lowest BCUT2D eigenvalue weighted by molar-refractivity contribution is -0.117. The average Bonchev–Trinajstić information content (AvgIpc) is 2.81. The number of amides is 1. The molecule has 1 aliphatic heterocycles. The molecule has 1 aromatic heterocycles. The first kappa shape index (κ1) is 12.1. The lowest BCUT2D eigenvalue weighted by atomic mass is 9.68. The van der Waals surface area contributed by atoms with Gasteiger partial charge in [0.05, 0.1) is 23.4 Å². The van der Waals surface area contributed by atoms with E-state index in [1.54, 1.807) is 5.51 Å². The quantitative estimate of drug-likeness (QED) is 0.826. The van der Waals surface area contributed by atoms with Crippen LogP contribution >= 0.6 is 11.3 Å². The highest BCUT2D eigenvalue weighted by Crippen LogP contribution is 2.37. The zero-order valence-corrected chi connectivity index (χ0v) is 11.1. The zero-order valence-electron chi connectivity index (χ0n) is 10.3. The first-order valence-electron chi connectivity index (χ1n) is 6.26. The van der Waals surface area contributed by atoms with Crippen LogP contribution in [0.5, 0.6) is 0 Å². The summed E-state index contributed by atoms with van der Waals surface area (Å²) in [7, 11) is 0. The maximum absolute atomic E-state index is 12.1. The Morgan fingerprint density at radius 3 is 3.22 bits per heavy atom. The van der Waals surface area contributed by atoms with Crippen LogP contribution in [0.25, 0.3) is 0 Å². The van der Waals surface area contributed by atoms with Crippen LogP contribution in [0, 0.1) is 12.8 Å². The van der Waals surface area contributed by atoms with Gasteiger partial charge in [-0.1, -0.05) is 0 Å². The normalized spacial score (nSPS) is 34.6. The third kappa shape index (κ3) is 1.84. The third-order valence-corrected chi connectivity index (χ3v) is 4.85. The van der Waals surface area contributed by atoms with Crippen molar-refractivity contribution in [1.82, 2.24) is 10.3 Å². The molecule has 18 heavy (non-hydrogen) atoms. The summed E-state index contributed by atoms with van der Waals surface area (Å²) in [5.41, 5.74) is 8.57. The second-order valence-corrected chi connectivity index (χ2v) is 5.84. The molecule has 0 spiro atoms. The van der Waals surface area contributed by atoms with Crippen molar-refractivity contribution in [3.63, 3.8) is 0 Å². The first-order valence-corrected chi connectivity index (χ1v) is 7.14. The number of ether oxygens (including phenoxy) is 1. The number of fused-ring (bicyclic) bond motifs is 1. The number of nitrogens with zero attached hydrogens (tertiary/aromatic N) is 1. The molecule has 4 atom stereocenters. The van der Waals surface area contributed by atoms with Gasteiger partial charge in [0.15, 0.2) is 0 Å². The number of carbonyl (C=O) groups is 1. The predicted octanol–water partition coefficient (Wildman–Crippen LogP) is 0.686. The molecule has 0 radical (unpaired) electrons. The second kappa shape index (κ2) is 4.60. The molecule has 98 valence electrons. The van der Waals surface area contributed by atoms with Crippen LogP contribution in [0.3, 0.4) is 0 Å². The minimum Gasteiger partial charge on any atom is -0.376 e. The minimum absolute atomic E-state index is 0.0208. The van der Waals surface area contributed by atoms with E-state index in [2.05, 4.69) is 10.3 Å². The van der Waals surface area contributed by atoms with Crippen molar-refractivity contribution in [2.75, 3.05) is 6.61 Å². The van der Waals surface area contributed by atoms with Crippen LogP contribution in [0.1, 0.15) is 28.2 Å². The first-order chi connectivity index (χ1) is 8.68. The summed E-state index contributed by atoms with van der Waals surface area (Å²) in [5, 5.41) is 2.99. The minimum atomic E-state index is -0.0805. The Morgan fingerprint density at radius 1 is 1.67 bits per heavy atom. The summed E-state index contributed by atoms with van der Waals surface area (Å²) in [4.78, 5) is 16.9. The monoisotopic (exact) mass is 267 g/mol. The molecule has 5 nitrogen and oxygen atoms in total. The van der Waals surface area contributed by atoms with Crippen molar-refractivity contribution in [2.45, 2.75) is 38.0 Å². The fourth-order valence-electron chi connectivity index (χ4n) is 2.86. The van der Waals surface area contributed by atoms with E-state index in [0.29, 0.717) is 10.8 Å². The molecule has 1 aliphatic carbocycles. The van der Waals surface area contributed by atoms with Gasteiger partial charge in [-0.2, -0.15) is 0 Å². The van der Waals surface area contributed by atoms with E-state index in [9.17, 15) is 4.79 Å². The lowest BCUT2D eigenvalue weighted by Gasteiger charge is -2.52. The Bertz CT molecular complexity index is 462. The number of carbonyl (C=O) groups excluding carboxylic acids is 1.